The number of nitro benzene ring substituents is 1. The number of carbonyl (C=O) groups excluding carboxylic acids is 1. The maximum Gasteiger partial charge on any atom is 0.271 e. The Kier molecular flexibility index (Phi) is 6.26. The van der Waals surface area contributed by atoms with E-state index in [1.54, 1.807) is 0 Å². The van der Waals surface area contributed by atoms with Crippen molar-refractivity contribution in [1.29, 1.82) is 0 Å². The number of non-ortho nitro benzene ring substituents is 1. The molecule has 0 saturated carbocycles. The van der Waals surface area contributed by atoms with Crippen molar-refractivity contribution in [2.45, 2.75) is 26.3 Å². The number of piperidine rings is 1. The maximum absolute atomic E-state index is 12.7. The van der Waals surface area contributed by atoms with Crippen LogP contribution in [-0.2, 0) is 11.3 Å². The Balaban J connectivity index is 1.58. The molecule has 1 aliphatic heterocycles. The Labute approximate surface area is 164 Å². The second kappa shape index (κ2) is 8.84. The second-order valence-electron chi connectivity index (χ2n) is 7.17. The van der Waals surface area contributed by atoms with Crippen LogP contribution in [0.3, 0.4) is 0 Å². The third-order valence-corrected chi connectivity index (χ3v) is 5.10. The SMILES string of the molecule is COc1ccc([N+](=O)[O-])cc1NC(=O)C1CCN(Cc2cccc(C)c2)CC1. The molecule has 1 amide bonds. The number of methoxy groups -OCH3 is 1. The van der Waals surface area contributed by atoms with Gasteiger partial charge in [-0.05, 0) is 44.5 Å². The van der Waals surface area contributed by atoms with Crippen LogP contribution in [0.1, 0.15) is 24.0 Å². The van der Waals surface area contributed by atoms with Gasteiger partial charge in [0.15, 0.2) is 0 Å². The fourth-order valence-corrected chi connectivity index (χ4v) is 3.56. The average Bonchev–Trinajstić information content (AvgIpc) is 2.68. The fraction of sp³-hybridized carbons (Fsp3) is 0.381. The van der Waals surface area contributed by atoms with E-state index in [2.05, 4.69) is 41.4 Å². The molecule has 1 heterocycles. The van der Waals surface area contributed by atoms with E-state index in [-0.39, 0.29) is 17.5 Å². The lowest BCUT2D eigenvalue weighted by atomic mass is 9.95. The smallest absolute Gasteiger partial charge is 0.271 e. The molecular formula is C21H25N3O4. The van der Waals surface area contributed by atoms with E-state index in [1.807, 2.05) is 0 Å². The van der Waals surface area contributed by atoms with Crippen LogP contribution in [0.5, 0.6) is 5.75 Å². The van der Waals surface area contributed by atoms with Gasteiger partial charge < -0.3 is 10.1 Å². The number of anilines is 1. The quantitative estimate of drug-likeness (QED) is 0.606. The molecule has 1 N–H and O–H groups in total. The van der Waals surface area contributed by atoms with Crippen LogP contribution < -0.4 is 10.1 Å². The molecule has 7 nitrogen and oxygen atoms in total. The highest BCUT2D eigenvalue weighted by molar-refractivity contribution is 5.94. The molecule has 0 aromatic heterocycles. The molecule has 0 bridgehead atoms. The number of hydrogen-bond acceptors (Lipinski definition) is 5. The van der Waals surface area contributed by atoms with Gasteiger partial charge in [-0.1, -0.05) is 29.8 Å². The lowest BCUT2D eigenvalue weighted by Crippen LogP contribution is -2.37. The summed E-state index contributed by atoms with van der Waals surface area (Å²) in [6, 6.07) is 12.7. The van der Waals surface area contributed by atoms with Gasteiger partial charge in [0.25, 0.3) is 5.69 Å². The van der Waals surface area contributed by atoms with E-state index in [0.29, 0.717) is 11.4 Å². The number of carbonyl (C=O) groups is 1. The topological polar surface area (TPSA) is 84.7 Å². The summed E-state index contributed by atoms with van der Waals surface area (Å²) in [6.07, 6.45) is 1.52. The molecule has 2 aromatic rings. The van der Waals surface area contributed by atoms with Crippen LogP contribution in [0.4, 0.5) is 11.4 Å². The highest BCUT2D eigenvalue weighted by Gasteiger charge is 2.26. The van der Waals surface area contributed by atoms with Crippen LogP contribution >= 0.6 is 0 Å². The summed E-state index contributed by atoms with van der Waals surface area (Å²) < 4.78 is 5.22. The monoisotopic (exact) mass is 383 g/mol. The summed E-state index contributed by atoms with van der Waals surface area (Å²) in [7, 11) is 1.47. The summed E-state index contributed by atoms with van der Waals surface area (Å²) in [5, 5.41) is 13.8. The first-order valence-corrected chi connectivity index (χ1v) is 9.37. The van der Waals surface area contributed by atoms with Crippen molar-refractivity contribution >= 4 is 17.3 Å². The molecule has 148 valence electrons. The summed E-state index contributed by atoms with van der Waals surface area (Å²) >= 11 is 0. The minimum atomic E-state index is -0.487. The number of ether oxygens (including phenoxy) is 1. The number of nitro groups is 1. The predicted molar refractivity (Wildman–Crippen MR) is 107 cm³/mol. The molecule has 0 radical (unpaired) electrons. The van der Waals surface area contributed by atoms with Gasteiger partial charge in [0.2, 0.25) is 5.91 Å². The zero-order valence-electron chi connectivity index (χ0n) is 16.2. The van der Waals surface area contributed by atoms with Gasteiger partial charge in [0, 0.05) is 24.6 Å². The van der Waals surface area contributed by atoms with Crippen molar-refractivity contribution in [3.05, 3.63) is 63.7 Å². The molecule has 0 spiro atoms. The fourth-order valence-electron chi connectivity index (χ4n) is 3.56. The molecule has 0 aliphatic carbocycles. The van der Waals surface area contributed by atoms with Crippen molar-refractivity contribution in [2.75, 3.05) is 25.5 Å². The van der Waals surface area contributed by atoms with Crippen molar-refractivity contribution in [1.82, 2.24) is 4.90 Å². The van der Waals surface area contributed by atoms with E-state index >= 15 is 0 Å². The molecule has 1 saturated heterocycles. The first kappa shape index (κ1) is 19.8. The van der Waals surface area contributed by atoms with Crippen LogP contribution in [0.2, 0.25) is 0 Å². The highest BCUT2D eigenvalue weighted by Crippen LogP contribution is 2.30. The van der Waals surface area contributed by atoms with E-state index < -0.39 is 4.92 Å². The van der Waals surface area contributed by atoms with Gasteiger partial charge in [0.1, 0.15) is 5.75 Å². The molecule has 3 rings (SSSR count). The summed E-state index contributed by atoms with van der Waals surface area (Å²) in [4.78, 5) is 25.5. The van der Waals surface area contributed by atoms with Gasteiger partial charge >= 0.3 is 0 Å². The Morgan fingerprint density at radius 1 is 1.25 bits per heavy atom. The van der Waals surface area contributed by atoms with E-state index in [1.165, 1.54) is 36.4 Å². The number of hydrogen-bond donors (Lipinski definition) is 1. The number of likely N-dealkylation sites (tertiary alicyclic amines) is 1. The van der Waals surface area contributed by atoms with Crippen LogP contribution in [0, 0.1) is 23.0 Å². The van der Waals surface area contributed by atoms with E-state index in [9.17, 15) is 14.9 Å². The molecule has 1 fully saturated rings. The Morgan fingerprint density at radius 3 is 2.64 bits per heavy atom. The Bertz CT molecular complexity index is 860. The molecule has 1 aliphatic rings. The largest absolute Gasteiger partial charge is 0.495 e. The minimum Gasteiger partial charge on any atom is -0.495 e. The number of nitrogens with one attached hydrogen (secondary N) is 1. The third-order valence-electron chi connectivity index (χ3n) is 5.10. The number of amides is 1. The summed E-state index contributed by atoms with van der Waals surface area (Å²) in [5.41, 5.74) is 2.79. The van der Waals surface area contributed by atoms with Gasteiger partial charge in [-0.25, -0.2) is 0 Å². The van der Waals surface area contributed by atoms with Crippen LogP contribution in [-0.4, -0.2) is 35.9 Å². The van der Waals surface area contributed by atoms with Gasteiger partial charge in [-0.2, -0.15) is 0 Å². The molecular weight excluding hydrogens is 358 g/mol. The van der Waals surface area contributed by atoms with Crippen molar-refractivity contribution in [3.8, 4) is 5.75 Å². The summed E-state index contributed by atoms with van der Waals surface area (Å²) in [6.45, 7) is 4.66. The zero-order chi connectivity index (χ0) is 20.1. The number of nitrogens with zero attached hydrogens (tertiary/aromatic N) is 2. The average molecular weight is 383 g/mol. The standard InChI is InChI=1S/C21H25N3O4/c1-15-4-3-5-16(12-15)14-23-10-8-17(9-11-23)21(25)22-19-13-18(24(26)27)6-7-20(19)28-2/h3-7,12-13,17H,8-11,14H2,1-2H3,(H,22,25). The maximum atomic E-state index is 12.7. The molecule has 0 atom stereocenters. The first-order chi connectivity index (χ1) is 13.5. The second-order valence-corrected chi connectivity index (χ2v) is 7.17. The van der Waals surface area contributed by atoms with Gasteiger partial charge in [-0.15, -0.1) is 0 Å². The Morgan fingerprint density at radius 2 is 2.00 bits per heavy atom. The molecule has 0 unspecified atom stereocenters. The summed E-state index contributed by atoms with van der Waals surface area (Å²) in [5.74, 6) is 0.183. The lowest BCUT2D eigenvalue weighted by molar-refractivity contribution is -0.384. The van der Waals surface area contributed by atoms with Crippen LogP contribution in [0.15, 0.2) is 42.5 Å². The van der Waals surface area contributed by atoms with E-state index in [4.69, 9.17) is 4.74 Å². The van der Waals surface area contributed by atoms with Crippen molar-refractivity contribution in [2.24, 2.45) is 5.92 Å². The Hall–Kier alpha value is -2.93. The first-order valence-electron chi connectivity index (χ1n) is 9.37. The van der Waals surface area contributed by atoms with Gasteiger partial charge in [0.05, 0.1) is 17.7 Å². The predicted octanol–water partition coefficient (Wildman–Crippen LogP) is 3.76. The minimum absolute atomic E-state index is 0.0796. The normalized spacial score (nSPS) is 15.2. The highest BCUT2D eigenvalue weighted by atomic mass is 16.6. The number of aryl methyl sites for hydroxylation is 1. The number of benzene rings is 2. The lowest BCUT2D eigenvalue weighted by Gasteiger charge is -2.31. The molecule has 28 heavy (non-hydrogen) atoms. The molecule has 7 heteroatoms. The van der Waals surface area contributed by atoms with Gasteiger partial charge in [-0.3, -0.25) is 19.8 Å². The van der Waals surface area contributed by atoms with E-state index in [0.717, 1.165) is 32.5 Å². The molecule has 2 aromatic carbocycles. The number of rotatable bonds is 6. The van der Waals surface area contributed by atoms with Crippen molar-refractivity contribution in [3.63, 3.8) is 0 Å². The van der Waals surface area contributed by atoms with Crippen LogP contribution in [0.25, 0.3) is 0 Å². The van der Waals surface area contributed by atoms with Crippen molar-refractivity contribution < 1.29 is 14.5 Å². The third kappa shape index (κ3) is 4.86. The zero-order valence-corrected chi connectivity index (χ0v) is 16.2.